The van der Waals surface area contributed by atoms with E-state index in [2.05, 4.69) is 4.74 Å². The summed E-state index contributed by atoms with van der Waals surface area (Å²) in [4.78, 5) is 23.2. The maximum Gasteiger partial charge on any atom is 0.337 e. The van der Waals surface area contributed by atoms with Gasteiger partial charge in [-0.3, -0.25) is 4.79 Å². The van der Waals surface area contributed by atoms with E-state index in [1.807, 2.05) is 0 Å². The van der Waals surface area contributed by atoms with Crippen LogP contribution in [-0.4, -0.2) is 88.2 Å². The van der Waals surface area contributed by atoms with Gasteiger partial charge in [-0.15, -0.1) is 0 Å². The van der Waals surface area contributed by atoms with Crippen LogP contribution in [0.2, 0.25) is 0 Å². The number of aliphatic hydroxyl groups excluding tert-OH is 4. The number of carbonyl (C=O) groups is 2. The number of carbonyl (C=O) groups excluding carboxylic acids is 1. The van der Waals surface area contributed by atoms with Crippen LogP contribution in [0.4, 0.5) is 0 Å². The van der Waals surface area contributed by atoms with Crippen molar-refractivity contribution in [1.82, 2.24) is 0 Å². The lowest BCUT2D eigenvalue weighted by Crippen LogP contribution is -2.60. The minimum Gasteiger partial charge on any atom is -0.481 e. The second-order valence-electron chi connectivity index (χ2n) is 6.31. The largest absolute Gasteiger partial charge is 0.481 e. The molecule has 0 unspecified atom stereocenters. The summed E-state index contributed by atoms with van der Waals surface area (Å²) in [6, 6.07) is 0. The van der Waals surface area contributed by atoms with E-state index in [1.54, 1.807) is 6.92 Å². The monoisotopic (exact) mass is 404 g/mol. The Balaban J connectivity index is 2.26. The zero-order valence-corrected chi connectivity index (χ0v) is 15.3. The Morgan fingerprint density at radius 1 is 1.21 bits per heavy atom. The van der Waals surface area contributed by atoms with Gasteiger partial charge in [0.25, 0.3) is 0 Å². The lowest BCUT2D eigenvalue weighted by Gasteiger charge is -2.41. The Labute approximate surface area is 160 Å². The van der Waals surface area contributed by atoms with Crippen molar-refractivity contribution in [2.24, 2.45) is 5.92 Å². The molecule has 28 heavy (non-hydrogen) atoms. The molecule has 0 spiro atoms. The third-order valence-corrected chi connectivity index (χ3v) is 4.61. The van der Waals surface area contributed by atoms with Crippen LogP contribution in [0.3, 0.4) is 0 Å². The number of rotatable bonds is 6. The van der Waals surface area contributed by atoms with Gasteiger partial charge in [0.1, 0.15) is 24.4 Å². The molecule has 2 aliphatic heterocycles. The third-order valence-electron chi connectivity index (χ3n) is 4.61. The molecule has 5 N–H and O–H groups in total. The predicted octanol–water partition coefficient (Wildman–Crippen LogP) is -1.75. The van der Waals surface area contributed by atoms with E-state index in [0.29, 0.717) is 0 Å². The van der Waals surface area contributed by atoms with Crippen molar-refractivity contribution in [2.45, 2.75) is 50.3 Å². The van der Waals surface area contributed by atoms with Crippen molar-refractivity contribution < 1.29 is 54.1 Å². The maximum atomic E-state index is 11.9. The molecule has 2 rings (SSSR count). The van der Waals surface area contributed by atoms with E-state index in [-0.39, 0.29) is 11.1 Å². The summed E-state index contributed by atoms with van der Waals surface area (Å²) < 4.78 is 20.8. The fraction of sp³-hybridized carbons (Fsp3) is 0.647. The van der Waals surface area contributed by atoms with Gasteiger partial charge < -0.3 is 44.5 Å². The molecule has 11 nitrogen and oxygen atoms in total. The molecule has 2 heterocycles. The zero-order chi connectivity index (χ0) is 21.0. The summed E-state index contributed by atoms with van der Waals surface area (Å²) in [5, 5.41) is 48.2. The van der Waals surface area contributed by atoms with Gasteiger partial charge in [-0.2, -0.15) is 0 Å². The smallest absolute Gasteiger partial charge is 0.337 e. The van der Waals surface area contributed by atoms with Crippen molar-refractivity contribution in [3.8, 4) is 0 Å². The summed E-state index contributed by atoms with van der Waals surface area (Å²) in [5.74, 6) is -2.86. The molecule has 0 saturated carbocycles. The lowest BCUT2D eigenvalue weighted by atomic mass is 9.86. The molecule has 1 fully saturated rings. The van der Waals surface area contributed by atoms with Gasteiger partial charge in [-0.05, 0) is 6.92 Å². The maximum absolute atomic E-state index is 11.9. The highest BCUT2D eigenvalue weighted by Gasteiger charge is 2.46. The topological polar surface area (TPSA) is 172 Å². The Morgan fingerprint density at radius 2 is 1.89 bits per heavy atom. The van der Waals surface area contributed by atoms with Crippen LogP contribution in [0.5, 0.6) is 0 Å². The van der Waals surface area contributed by atoms with E-state index < -0.39 is 67.9 Å². The molecule has 0 aromatic heterocycles. The lowest BCUT2D eigenvalue weighted by molar-refractivity contribution is -0.327. The molecule has 0 amide bonds. The van der Waals surface area contributed by atoms with Gasteiger partial charge in [0.05, 0.1) is 32.0 Å². The van der Waals surface area contributed by atoms with Gasteiger partial charge in [0, 0.05) is 11.5 Å². The van der Waals surface area contributed by atoms with E-state index in [9.17, 15) is 35.1 Å². The first-order valence-corrected chi connectivity index (χ1v) is 8.52. The van der Waals surface area contributed by atoms with Crippen LogP contribution < -0.4 is 0 Å². The summed E-state index contributed by atoms with van der Waals surface area (Å²) >= 11 is 0. The number of methoxy groups -OCH3 is 1. The highest BCUT2D eigenvalue weighted by Crippen LogP contribution is 2.35. The quantitative estimate of drug-likeness (QED) is 0.251. The van der Waals surface area contributed by atoms with E-state index in [1.165, 1.54) is 6.08 Å². The number of aliphatic carboxylic acids is 1. The zero-order valence-electron chi connectivity index (χ0n) is 15.3. The van der Waals surface area contributed by atoms with Crippen LogP contribution >= 0.6 is 0 Å². The number of carboxylic acid groups (broad SMARTS) is 1. The number of carboxylic acids is 1. The number of aliphatic hydroxyl groups is 4. The first-order chi connectivity index (χ1) is 13.2. The second-order valence-corrected chi connectivity index (χ2v) is 6.31. The summed E-state index contributed by atoms with van der Waals surface area (Å²) in [6.07, 6.45) is -6.72. The minimum atomic E-state index is -1.66. The third kappa shape index (κ3) is 4.51. The minimum absolute atomic E-state index is 0.0216. The van der Waals surface area contributed by atoms with Crippen LogP contribution in [0.1, 0.15) is 13.3 Å². The predicted molar refractivity (Wildman–Crippen MR) is 89.3 cm³/mol. The highest BCUT2D eigenvalue weighted by molar-refractivity contribution is 5.90. The molecule has 0 radical (unpaired) electrons. The van der Waals surface area contributed by atoms with E-state index >= 15 is 0 Å². The van der Waals surface area contributed by atoms with Gasteiger partial charge in [0.2, 0.25) is 6.29 Å². The van der Waals surface area contributed by atoms with Crippen molar-refractivity contribution in [2.75, 3.05) is 13.7 Å². The first kappa shape index (κ1) is 22.3. The van der Waals surface area contributed by atoms with Crippen LogP contribution in [-0.2, 0) is 28.5 Å². The molecule has 7 atom stereocenters. The number of allylic oxidation sites excluding steroid dienone is 1. The van der Waals surface area contributed by atoms with Crippen LogP contribution in [0, 0.1) is 5.92 Å². The molecule has 0 aromatic carbocycles. The van der Waals surface area contributed by atoms with E-state index in [0.717, 1.165) is 13.4 Å². The molecule has 0 bridgehead atoms. The summed E-state index contributed by atoms with van der Waals surface area (Å²) in [7, 11) is 1.15. The number of hydrogen-bond acceptors (Lipinski definition) is 10. The van der Waals surface area contributed by atoms with Gasteiger partial charge >= 0.3 is 11.9 Å². The van der Waals surface area contributed by atoms with E-state index in [4.69, 9.17) is 14.2 Å². The molecule has 0 aliphatic carbocycles. The second kappa shape index (κ2) is 9.45. The van der Waals surface area contributed by atoms with Gasteiger partial charge in [-0.1, -0.05) is 6.08 Å². The summed E-state index contributed by atoms with van der Waals surface area (Å²) in [6.45, 7) is 0.943. The molecule has 158 valence electrons. The van der Waals surface area contributed by atoms with Gasteiger partial charge in [-0.25, -0.2) is 4.79 Å². The fourth-order valence-corrected chi connectivity index (χ4v) is 3.10. The number of esters is 1. The summed E-state index contributed by atoms with van der Waals surface area (Å²) in [5.41, 5.74) is 0.244. The Bertz CT molecular complexity index is 641. The fourth-order valence-electron chi connectivity index (χ4n) is 3.10. The Hall–Kier alpha value is -2.02. The number of ether oxygens (including phenoxy) is 4. The average molecular weight is 404 g/mol. The van der Waals surface area contributed by atoms with Crippen molar-refractivity contribution >= 4 is 11.9 Å². The van der Waals surface area contributed by atoms with Crippen molar-refractivity contribution in [3.05, 3.63) is 23.5 Å². The van der Waals surface area contributed by atoms with Crippen molar-refractivity contribution in [3.63, 3.8) is 0 Å². The molecular formula is C17H24O11. The first-order valence-electron chi connectivity index (χ1n) is 8.52. The molecule has 1 saturated heterocycles. The average Bonchev–Trinajstić information content (AvgIpc) is 2.67. The van der Waals surface area contributed by atoms with Crippen LogP contribution in [0.25, 0.3) is 0 Å². The van der Waals surface area contributed by atoms with Crippen molar-refractivity contribution in [1.29, 1.82) is 0 Å². The SMILES string of the molecule is C/C=C1\[C@@H](O[C@@H]2O[C@H](CO)[C@@H](O)[C@H](O)[C@H]2O)OC=C(C(=O)OC)[C@H]1CC(=O)O. The Morgan fingerprint density at radius 3 is 2.43 bits per heavy atom. The molecule has 11 heteroatoms. The van der Waals surface area contributed by atoms with Gasteiger partial charge in [0.15, 0.2) is 6.29 Å². The Kier molecular flexibility index (Phi) is 7.52. The highest BCUT2D eigenvalue weighted by atomic mass is 16.8. The molecule has 0 aromatic rings. The molecular weight excluding hydrogens is 380 g/mol. The normalized spacial score (nSPS) is 37.1. The molecule has 2 aliphatic rings. The van der Waals surface area contributed by atoms with Crippen LogP contribution in [0.15, 0.2) is 23.5 Å². The number of hydrogen-bond donors (Lipinski definition) is 5. The standard InChI is InChI=1S/C17H24O11/c1-3-7-8(4-11(19)20)9(15(24)25-2)6-26-16(7)28-17-14(23)13(22)12(21)10(5-18)27-17/h3,6,8,10,12-14,16-18,21-23H,4-5H2,1-2H3,(H,19,20)/b7-3-/t8-,10+,12+,13-,14+,16+,17-/m0/s1.